The molecule has 3 amide bonds. The number of anilines is 1. The molecule has 0 unspecified atom stereocenters. The van der Waals surface area contributed by atoms with Gasteiger partial charge in [0.1, 0.15) is 11.6 Å². The van der Waals surface area contributed by atoms with E-state index in [0.717, 1.165) is 12.1 Å². The van der Waals surface area contributed by atoms with Crippen LogP contribution >= 0.6 is 0 Å². The Morgan fingerprint density at radius 1 is 1.03 bits per heavy atom. The Morgan fingerprint density at radius 3 is 2.51 bits per heavy atom. The maximum atomic E-state index is 14.6. The number of urea groups is 1. The number of imide groups is 1. The molecule has 0 saturated heterocycles. The topological polar surface area (TPSA) is 98.1 Å². The monoisotopic (exact) mass is 481 g/mol. The van der Waals surface area contributed by atoms with E-state index < -0.39 is 40.8 Å². The molecule has 0 aliphatic carbocycles. The summed E-state index contributed by atoms with van der Waals surface area (Å²) in [5, 5.41) is 8.14. The number of aryl methyl sites for hydroxylation is 1. The van der Waals surface area contributed by atoms with Crippen LogP contribution in [0.5, 0.6) is 11.5 Å². The summed E-state index contributed by atoms with van der Waals surface area (Å²) in [6, 6.07) is 9.33. The number of pyridine rings is 1. The van der Waals surface area contributed by atoms with Crippen LogP contribution in [0.15, 0.2) is 67.1 Å². The molecule has 0 spiro atoms. The van der Waals surface area contributed by atoms with Crippen molar-refractivity contribution in [3.8, 4) is 22.8 Å². The molecule has 0 bridgehead atoms. The maximum absolute atomic E-state index is 14.6. The van der Waals surface area contributed by atoms with Crippen LogP contribution in [0.3, 0.4) is 0 Å². The molecule has 8 nitrogen and oxygen atoms in total. The third kappa shape index (κ3) is 5.82. The molecule has 2 heterocycles. The van der Waals surface area contributed by atoms with Gasteiger partial charge in [0.25, 0.3) is 0 Å². The second-order valence-corrected chi connectivity index (χ2v) is 7.43. The first-order valence-electron chi connectivity index (χ1n) is 10.2. The SMILES string of the molecule is Cn1cc(-c2cc(Oc3ccc(NC(=O)NC(=O)Cc4ccc(F)cc4)c(F)c3F)ccn2)cn1. The zero-order valence-electron chi connectivity index (χ0n) is 18.3. The van der Waals surface area contributed by atoms with Crippen LogP contribution in [-0.4, -0.2) is 26.7 Å². The number of hydrogen-bond donors (Lipinski definition) is 2. The van der Waals surface area contributed by atoms with E-state index >= 15 is 0 Å². The van der Waals surface area contributed by atoms with E-state index in [1.807, 2.05) is 5.32 Å². The second kappa shape index (κ2) is 10.1. The van der Waals surface area contributed by atoms with E-state index in [4.69, 9.17) is 4.74 Å². The molecule has 2 aromatic carbocycles. The van der Waals surface area contributed by atoms with E-state index in [1.165, 1.54) is 36.5 Å². The summed E-state index contributed by atoms with van der Waals surface area (Å²) in [6.07, 6.45) is 4.59. The molecular weight excluding hydrogens is 463 g/mol. The molecule has 11 heteroatoms. The average molecular weight is 481 g/mol. The lowest BCUT2D eigenvalue weighted by atomic mass is 10.1. The largest absolute Gasteiger partial charge is 0.454 e. The first kappa shape index (κ1) is 23.5. The second-order valence-electron chi connectivity index (χ2n) is 7.43. The Hall–Kier alpha value is -4.67. The molecule has 0 saturated carbocycles. The number of nitrogens with one attached hydrogen (secondary N) is 2. The van der Waals surface area contributed by atoms with Crippen molar-refractivity contribution < 1.29 is 27.5 Å². The standard InChI is InChI=1S/C24H18F3N5O3/c1-32-13-15(12-29-32)19-11-17(8-9-28-19)35-20-7-6-18(22(26)23(20)27)30-24(34)31-21(33)10-14-2-4-16(25)5-3-14/h2-9,11-13H,10H2,1H3,(H2,30,31,33,34). The third-order valence-corrected chi connectivity index (χ3v) is 4.79. The lowest BCUT2D eigenvalue weighted by Crippen LogP contribution is -2.35. The highest BCUT2D eigenvalue weighted by molar-refractivity contribution is 6.01. The van der Waals surface area contributed by atoms with Crippen LogP contribution in [-0.2, 0) is 18.3 Å². The molecule has 4 rings (SSSR count). The van der Waals surface area contributed by atoms with Crippen LogP contribution < -0.4 is 15.4 Å². The van der Waals surface area contributed by atoms with Crippen LogP contribution in [0.25, 0.3) is 11.3 Å². The number of hydrogen-bond acceptors (Lipinski definition) is 5. The third-order valence-electron chi connectivity index (χ3n) is 4.79. The van der Waals surface area contributed by atoms with Gasteiger partial charge in [-0.05, 0) is 35.9 Å². The number of carbonyl (C=O) groups is 2. The van der Waals surface area contributed by atoms with Gasteiger partial charge < -0.3 is 10.1 Å². The smallest absolute Gasteiger partial charge is 0.325 e. The quantitative estimate of drug-likeness (QED) is 0.420. The van der Waals surface area contributed by atoms with Gasteiger partial charge >= 0.3 is 6.03 Å². The van der Waals surface area contributed by atoms with Crippen LogP contribution in [0.2, 0.25) is 0 Å². The van der Waals surface area contributed by atoms with Crippen LogP contribution in [0, 0.1) is 17.5 Å². The predicted octanol–water partition coefficient (Wildman–Crippen LogP) is 4.58. The van der Waals surface area contributed by atoms with Gasteiger partial charge in [-0.15, -0.1) is 0 Å². The molecule has 0 radical (unpaired) electrons. The van der Waals surface area contributed by atoms with Crippen molar-refractivity contribution in [1.29, 1.82) is 0 Å². The fourth-order valence-corrected chi connectivity index (χ4v) is 3.13. The van der Waals surface area contributed by atoms with Gasteiger partial charge in [-0.25, -0.2) is 13.6 Å². The molecule has 4 aromatic rings. The maximum Gasteiger partial charge on any atom is 0.325 e. The van der Waals surface area contributed by atoms with Crippen molar-refractivity contribution in [2.75, 3.05) is 5.32 Å². The van der Waals surface area contributed by atoms with Crippen molar-refractivity contribution in [2.24, 2.45) is 7.05 Å². The van der Waals surface area contributed by atoms with Gasteiger partial charge in [-0.3, -0.25) is 19.8 Å². The van der Waals surface area contributed by atoms with E-state index in [2.05, 4.69) is 15.4 Å². The number of ether oxygens (including phenoxy) is 1. The van der Waals surface area contributed by atoms with Crippen molar-refractivity contribution >= 4 is 17.6 Å². The first-order valence-corrected chi connectivity index (χ1v) is 10.2. The summed E-state index contributed by atoms with van der Waals surface area (Å²) in [6.45, 7) is 0. The average Bonchev–Trinajstić information content (AvgIpc) is 3.27. The number of benzene rings is 2. The minimum absolute atomic E-state index is 0.204. The highest BCUT2D eigenvalue weighted by atomic mass is 19.2. The minimum Gasteiger partial charge on any atom is -0.454 e. The number of aromatic nitrogens is 3. The summed E-state index contributed by atoms with van der Waals surface area (Å²) in [4.78, 5) is 28.2. The predicted molar refractivity (Wildman–Crippen MR) is 120 cm³/mol. The first-order chi connectivity index (χ1) is 16.8. The summed E-state index contributed by atoms with van der Waals surface area (Å²) in [5.74, 6) is -4.08. The highest BCUT2D eigenvalue weighted by Crippen LogP contribution is 2.31. The van der Waals surface area contributed by atoms with Crippen molar-refractivity contribution in [1.82, 2.24) is 20.1 Å². The van der Waals surface area contributed by atoms with Gasteiger partial charge in [0.15, 0.2) is 11.6 Å². The fourth-order valence-electron chi connectivity index (χ4n) is 3.13. The number of halogens is 3. The summed E-state index contributed by atoms with van der Waals surface area (Å²) >= 11 is 0. The molecule has 0 aliphatic rings. The highest BCUT2D eigenvalue weighted by Gasteiger charge is 2.18. The number of rotatable bonds is 6. The summed E-state index contributed by atoms with van der Waals surface area (Å²) in [5.41, 5.74) is 1.21. The summed E-state index contributed by atoms with van der Waals surface area (Å²) < 4.78 is 49.2. The molecule has 0 aliphatic heterocycles. The van der Waals surface area contributed by atoms with Gasteiger partial charge in [-0.2, -0.15) is 9.49 Å². The van der Waals surface area contributed by atoms with Gasteiger partial charge in [0.05, 0.1) is 24.0 Å². The fraction of sp³-hybridized carbons (Fsp3) is 0.0833. The number of nitrogens with zero attached hydrogens (tertiary/aromatic N) is 3. The summed E-state index contributed by atoms with van der Waals surface area (Å²) in [7, 11) is 1.75. The Labute approximate surface area is 197 Å². The van der Waals surface area contributed by atoms with Gasteiger partial charge in [0.2, 0.25) is 11.7 Å². The minimum atomic E-state index is -1.37. The van der Waals surface area contributed by atoms with Crippen LogP contribution in [0.1, 0.15) is 5.56 Å². The molecule has 0 atom stereocenters. The molecular formula is C24H18F3N5O3. The van der Waals surface area contributed by atoms with Crippen molar-refractivity contribution in [2.45, 2.75) is 6.42 Å². The Bertz CT molecular complexity index is 1390. The van der Waals surface area contributed by atoms with E-state index in [9.17, 15) is 22.8 Å². The lowest BCUT2D eigenvalue weighted by Gasteiger charge is -2.12. The van der Waals surface area contributed by atoms with Crippen molar-refractivity contribution in [3.63, 3.8) is 0 Å². The van der Waals surface area contributed by atoms with Crippen LogP contribution in [0.4, 0.5) is 23.7 Å². The molecule has 35 heavy (non-hydrogen) atoms. The van der Waals surface area contributed by atoms with E-state index in [-0.39, 0.29) is 12.2 Å². The molecule has 0 fully saturated rings. The Morgan fingerprint density at radius 2 is 1.80 bits per heavy atom. The Kier molecular flexibility index (Phi) is 6.76. The molecule has 178 valence electrons. The Balaban J connectivity index is 1.41. The van der Waals surface area contributed by atoms with E-state index in [0.29, 0.717) is 16.8 Å². The number of carbonyl (C=O) groups excluding carboxylic acids is 2. The molecule has 2 N–H and O–H groups in total. The molecule has 2 aromatic heterocycles. The lowest BCUT2D eigenvalue weighted by molar-refractivity contribution is -0.119. The van der Waals surface area contributed by atoms with Crippen molar-refractivity contribution in [3.05, 3.63) is 90.1 Å². The van der Waals surface area contributed by atoms with Gasteiger partial charge in [-0.1, -0.05) is 12.1 Å². The van der Waals surface area contributed by atoms with E-state index in [1.54, 1.807) is 30.2 Å². The zero-order chi connectivity index (χ0) is 24.9. The zero-order valence-corrected chi connectivity index (χ0v) is 18.3. The number of amides is 3. The van der Waals surface area contributed by atoms with Gasteiger partial charge in [0, 0.05) is 31.1 Å². The normalized spacial score (nSPS) is 10.6.